The Hall–Kier alpha value is -3.40. The minimum Gasteiger partial charge on any atom is -0.489 e. The van der Waals surface area contributed by atoms with Crippen LogP contribution in [0.2, 0.25) is 0 Å². The number of hydrazone groups is 1. The van der Waals surface area contributed by atoms with E-state index in [0.717, 1.165) is 28.0 Å². The predicted molar refractivity (Wildman–Crippen MR) is 113 cm³/mol. The molecule has 3 aromatic carbocycles. The van der Waals surface area contributed by atoms with Crippen molar-refractivity contribution in [1.29, 1.82) is 0 Å². The van der Waals surface area contributed by atoms with Crippen molar-refractivity contribution in [2.75, 3.05) is 0 Å². The van der Waals surface area contributed by atoms with Gasteiger partial charge in [-0.2, -0.15) is 5.10 Å². The van der Waals surface area contributed by atoms with Crippen LogP contribution in [-0.4, -0.2) is 12.1 Å². The molecular weight excluding hydrogens is 348 g/mol. The van der Waals surface area contributed by atoms with E-state index in [1.54, 1.807) is 6.21 Å². The molecule has 0 aliphatic carbocycles. The van der Waals surface area contributed by atoms with Crippen molar-refractivity contribution >= 4 is 12.1 Å². The first kappa shape index (κ1) is 19.4. The van der Waals surface area contributed by atoms with E-state index < -0.39 is 0 Å². The summed E-state index contributed by atoms with van der Waals surface area (Å²) in [5.41, 5.74) is 7.87. The predicted octanol–water partition coefficient (Wildman–Crippen LogP) is 4.58. The summed E-state index contributed by atoms with van der Waals surface area (Å²) in [6.07, 6.45) is 1.93. The number of ether oxygens (including phenoxy) is 1. The van der Waals surface area contributed by atoms with Gasteiger partial charge < -0.3 is 4.74 Å². The molecule has 0 bridgehead atoms. The summed E-state index contributed by atoms with van der Waals surface area (Å²) in [7, 11) is 0. The van der Waals surface area contributed by atoms with E-state index in [9.17, 15) is 4.79 Å². The number of rotatable bonds is 7. The third kappa shape index (κ3) is 5.81. The van der Waals surface area contributed by atoms with Crippen molar-refractivity contribution in [3.63, 3.8) is 0 Å². The van der Waals surface area contributed by atoms with Crippen LogP contribution in [-0.2, 0) is 17.8 Å². The molecule has 142 valence electrons. The first-order valence-corrected chi connectivity index (χ1v) is 9.25. The molecule has 0 radical (unpaired) electrons. The van der Waals surface area contributed by atoms with Crippen LogP contribution in [0.1, 0.15) is 27.8 Å². The summed E-state index contributed by atoms with van der Waals surface area (Å²) in [6.45, 7) is 4.56. The molecule has 3 aromatic rings. The fraction of sp³-hybridized carbons (Fsp3) is 0.167. The van der Waals surface area contributed by atoms with Gasteiger partial charge in [0.25, 0.3) is 0 Å². The highest BCUT2D eigenvalue weighted by Gasteiger charge is 2.05. The molecule has 0 atom stereocenters. The second-order valence-corrected chi connectivity index (χ2v) is 6.75. The standard InChI is InChI=1S/C24H24N2O2/c1-18-11-12-22(19(2)13-18)15-24(27)26-25-16-21-9-6-10-23(14-21)28-17-20-7-4-3-5-8-20/h3-14,16H,15,17H2,1-2H3,(H,26,27)/b25-16+. The number of nitrogens with one attached hydrogen (secondary N) is 1. The lowest BCUT2D eigenvalue weighted by atomic mass is 10.0. The first-order valence-electron chi connectivity index (χ1n) is 9.25. The summed E-state index contributed by atoms with van der Waals surface area (Å²) in [6, 6.07) is 23.7. The lowest BCUT2D eigenvalue weighted by molar-refractivity contribution is -0.120. The Kier molecular flexibility index (Phi) is 6.58. The minimum atomic E-state index is -0.139. The number of nitrogens with zero attached hydrogens (tertiary/aromatic N) is 1. The average Bonchev–Trinajstić information content (AvgIpc) is 2.70. The smallest absolute Gasteiger partial charge is 0.244 e. The molecule has 0 saturated carbocycles. The van der Waals surface area contributed by atoms with Gasteiger partial charge in [0.2, 0.25) is 5.91 Å². The number of amides is 1. The van der Waals surface area contributed by atoms with Gasteiger partial charge in [-0.3, -0.25) is 4.79 Å². The van der Waals surface area contributed by atoms with E-state index in [1.807, 2.05) is 80.6 Å². The summed E-state index contributed by atoms with van der Waals surface area (Å²) in [5, 5.41) is 4.06. The molecule has 0 spiro atoms. The van der Waals surface area contributed by atoms with Gasteiger partial charge in [0.1, 0.15) is 12.4 Å². The summed E-state index contributed by atoms with van der Waals surface area (Å²) < 4.78 is 5.81. The summed E-state index contributed by atoms with van der Waals surface area (Å²) in [4.78, 5) is 12.1. The van der Waals surface area contributed by atoms with Crippen molar-refractivity contribution < 1.29 is 9.53 Å². The van der Waals surface area contributed by atoms with Gasteiger partial charge in [-0.25, -0.2) is 5.43 Å². The molecule has 0 aliphatic heterocycles. The van der Waals surface area contributed by atoms with Crippen molar-refractivity contribution in [2.45, 2.75) is 26.9 Å². The second-order valence-electron chi connectivity index (χ2n) is 6.75. The third-order valence-corrected chi connectivity index (χ3v) is 4.36. The Morgan fingerprint density at radius 1 is 1.00 bits per heavy atom. The molecule has 0 heterocycles. The van der Waals surface area contributed by atoms with Crippen molar-refractivity contribution in [3.05, 3.63) is 101 Å². The maximum absolute atomic E-state index is 12.1. The van der Waals surface area contributed by atoms with Crippen LogP contribution in [0.5, 0.6) is 5.75 Å². The van der Waals surface area contributed by atoms with Crippen LogP contribution in [0, 0.1) is 13.8 Å². The number of carbonyl (C=O) groups is 1. The number of carbonyl (C=O) groups excluding carboxylic acids is 1. The zero-order valence-electron chi connectivity index (χ0n) is 16.2. The van der Waals surface area contributed by atoms with Crippen LogP contribution in [0.15, 0.2) is 77.9 Å². The summed E-state index contributed by atoms with van der Waals surface area (Å²) >= 11 is 0. The van der Waals surface area contributed by atoms with Crippen LogP contribution >= 0.6 is 0 Å². The quantitative estimate of drug-likeness (QED) is 0.488. The Balaban J connectivity index is 1.53. The van der Waals surface area contributed by atoms with Crippen molar-refractivity contribution in [1.82, 2.24) is 5.43 Å². The Labute approximate surface area is 165 Å². The van der Waals surface area contributed by atoms with Gasteiger partial charge in [0, 0.05) is 0 Å². The van der Waals surface area contributed by atoms with Gasteiger partial charge in [-0.15, -0.1) is 0 Å². The number of hydrogen-bond acceptors (Lipinski definition) is 3. The van der Waals surface area contributed by atoms with Crippen LogP contribution in [0.25, 0.3) is 0 Å². The SMILES string of the molecule is Cc1ccc(CC(=O)N/N=C/c2cccc(OCc3ccccc3)c2)c(C)c1. The highest BCUT2D eigenvalue weighted by molar-refractivity contribution is 5.83. The van der Waals surface area contributed by atoms with Gasteiger partial charge in [-0.05, 0) is 48.2 Å². The molecular formula is C24H24N2O2. The molecule has 0 aliphatic rings. The minimum absolute atomic E-state index is 0.139. The maximum atomic E-state index is 12.1. The first-order chi connectivity index (χ1) is 13.6. The highest BCUT2D eigenvalue weighted by atomic mass is 16.5. The van der Waals surface area contributed by atoms with E-state index in [-0.39, 0.29) is 5.91 Å². The normalized spacial score (nSPS) is 10.8. The molecule has 1 amide bonds. The van der Waals surface area contributed by atoms with E-state index in [2.05, 4.69) is 16.6 Å². The van der Waals surface area contributed by atoms with E-state index in [4.69, 9.17) is 4.74 Å². The zero-order valence-corrected chi connectivity index (χ0v) is 16.2. The van der Waals surface area contributed by atoms with Crippen LogP contribution in [0.4, 0.5) is 0 Å². The molecule has 28 heavy (non-hydrogen) atoms. The van der Waals surface area contributed by atoms with Crippen molar-refractivity contribution in [3.8, 4) is 5.75 Å². The third-order valence-electron chi connectivity index (χ3n) is 4.36. The fourth-order valence-electron chi connectivity index (χ4n) is 2.86. The zero-order chi connectivity index (χ0) is 19.8. The topological polar surface area (TPSA) is 50.7 Å². The van der Waals surface area contributed by atoms with Gasteiger partial charge >= 0.3 is 0 Å². The van der Waals surface area contributed by atoms with Gasteiger partial charge in [0.05, 0.1) is 12.6 Å². The molecule has 0 saturated heterocycles. The van der Waals surface area contributed by atoms with E-state index in [0.29, 0.717) is 13.0 Å². The molecule has 0 unspecified atom stereocenters. The molecule has 0 fully saturated rings. The van der Waals surface area contributed by atoms with E-state index >= 15 is 0 Å². The molecule has 0 aromatic heterocycles. The average molecular weight is 372 g/mol. The number of hydrogen-bond donors (Lipinski definition) is 1. The van der Waals surface area contributed by atoms with Gasteiger partial charge in [0.15, 0.2) is 0 Å². The Bertz CT molecular complexity index is 965. The van der Waals surface area contributed by atoms with Crippen molar-refractivity contribution in [2.24, 2.45) is 5.10 Å². The lowest BCUT2D eigenvalue weighted by Gasteiger charge is -2.07. The maximum Gasteiger partial charge on any atom is 0.244 e. The largest absolute Gasteiger partial charge is 0.489 e. The Morgan fingerprint density at radius 3 is 2.61 bits per heavy atom. The van der Waals surface area contributed by atoms with Crippen LogP contribution < -0.4 is 10.2 Å². The molecule has 3 rings (SSSR count). The fourth-order valence-corrected chi connectivity index (χ4v) is 2.86. The number of benzene rings is 3. The Morgan fingerprint density at radius 2 is 1.82 bits per heavy atom. The number of aryl methyl sites for hydroxylation is 2. The molecule has 4 heteroatoms. The highest BCUT2D eigenvalue weighted by Crippen LogP contribution is 2.14. The lowest BCUT2D eigenvalue weighted by Crippen LogP contribution is -2.20. The molecule has 1 N–H and O–H groups in total. The summed E-state index contributed by atoms with van der Waals surface area (Å²) in [5.74, 6) is 0.620. The van der Waals surface area contributed by atoms with Gasteiger partial charge in [-0.1, -0.05) is 66.2 Å². The monoisotopic (exact) mass is 372 g/mol. The second kappa shape index (κ2) is 9.51. The van der Waals surface area contributed by atoms with E-state index in [1.165, 1.54) is 5.56 Å². The van der Waals surface area contributed by atoms with Crippen LogP contribution in [0.3, 0.4) is 0 Å². The molecule has 4 nitrogen and oxygen atoms in total.